The third-order valence-electron chi connectivity index (χ3n) is 5.53. The SMILES string of the molecule is CCc1nc2c(-c3ccc(OC(F)F)cc3Cl)ncnc2n1C(C)C1CCC1. The summed E-state index contributed by atoms with van der Waals surface area (Å²) in [5.41, 5.74) is 2.66. The fraction of sp³-hybridized carbons (Fsp3) is 0.450. The number of nitrogens with zero attached hydrogens (tertiary/aromatic N) is 4. The quantitative estimate of drug-likeness (QED) is 0.529. The van der Waals surface area contributed by atoms with Gasteiger partial charge in [-0.05, 0) is 43.9 Å². The zero-order valence-electron chi connectivity index (χ0n) is 15.7. The minimum atomic E-state index is -2.90. The van der Waals surface area contributed by atoms with E-state index in [1.807, 2.05) is 0 Å². The number of alkyl halides is 2. The zero-order valence-corrected chi connectivity index (χ0v) is 16.5. The van der Waals surface area contributed by atoms with Crippen molar-refractivity contribution in [2.45, 2.75) is 52.2 Å². The van der Waals surface area contributed by atoms with Crippen LogP contribution in [0, 0.1) is 5.92 Å². The van der Waals surface area contributed by atoms with Crippen LogP contribution in [0.5, 0.6) is 5.75 Å². The van der Waals surface area contributed by atoms with Gasteiger partial charge in [-0.1, -0.05) is 24.9 Å². The lowest BCUT2D eigenvalue weighted by molar-refractivity contribution is -0.0498. The van der Waals surface area contributed by atoms with E-state index >= 15 is 0 Å². The highest BCUT2D eigenvalue weighted by molar-refractivity contribution is 6.33. The lowest BCUT2D eigenvalue weighted by atomic mass is 9.80. The van der Waals surface area contributed by atoms with Gasteiger partial charge in [-0.2, -0.15) is 8.78 Å². The van der Waals surface area contributed by atoms with Crippen LogP contribution in [0.15, 0.2) is 24.5 Å². The second-order valence-electron chi connectivity index (χ2n) is 7.10. The molecule has 3 aromatic rings. The van der Waals surface area contributed by atoms with Crippen LogP contribution >= 0.6 is 11.6 Å². The van der Waals surface area contributed by atoms with Gasteiger partial charge in [0, 0.05) is 18.0 Å². The molecule has 1 aliphatic carbocycles. The maximum Gasteiger partial charge on any atom is 0.387 e. The van der Waals surface area contributed by atoms with Crippen molar-refractivity contribution >= 4 is 22.8 Å². The van der Waals surface area contributed by atoms with Crippen LogP contribution in [0.2, 0.25) is 5.02 Å². The maximum absolute atomic E-state index is 12.4. The molecule has 0 radical (unpaired) electrons. The molecule has 8 heteroatoms. The Balaban J connectivity index is 1.81. The molecular weight excluding hydrogens is 386 g/mol. The van der Waals surface area contributed by atoms with Gasteiger partial charge >= 0.3 is 6.61 Å². The first-order valence-electron chi connectivity index (χ1n) is 9.46. The Hall–Kier alpha value is -2.28. The summed E-state index contributed by atoms with van der Waals surface area (Å²) in [6.07, 6.45) is 6.00. The van der Waals surface area contributed by atoms with Gasteiger partial charge in [-0.25, -0.2) is 15.0 Å². The van der Waals surface area contributed by atoms with E-state index in [0.717, 1.165) is 17.9 Å². The predicted octanol–water partition coefficient (Wildman–Crippen LogP) is 5.67. The molecule has 0 amide bonds. The highest BCUT2D eigenvalue weighted by Crippen LogP contribution is 2.39. The standard InChI is InChI=1S/C20H21ClF2N4O/c1-3-16-26-18-17(14-8-7-13(9-15(14)21)28-20(22)23)24-10-25-19(18)27(16)11(2)12-5-4-6-12/h7-12,20H,3-6H2,1-2H3. The Kier molecular flexibility index (Phi) is 5.19. The van der Waals surface area contributed by atoms with E-state index in [9.17, 15) is 8.78 Å². The molecule has 1 aromatic carbocycles. The summed E-state index contributed by atoms with van der Waals surface area (Å²) in [6, 6.07) is 4.76. The van der Waals surface area contributed by atoms with E-state index in [0.29, 0.717) is 28.7 Å². The number of halogens is 3. The second-order valence-corrected chi connectivity index (χ2v) is 7.51. The first-order valence-corrected chi connectivity index (χ1v) is 9.84. The number of benzene rings is 1. The molecule has 2 heterocycles. The third-order valence-corrected chi connectivity index (χ3v) is 5.84. The van der Waals surface area contributed by atoms with Crippen LogP contribution in [0.1, 0.15) is 45.0 Å². The van der Waals surface area contributed by atoms with Crippen LogP contribution in [0.4, 0.5) is 8.78 Å². The molecule has 2 aromatic heterocycles. The second kappa shape index (κ2) is 7.62. The van der Waals surface area contributed by atoms with Crippen LogP contribution in [0.3, 0.4) is 0 Å². The van der Waals surface area contributed by atoms with Crippen LogP contribution < -0.4 is 4.74 Å². The van der Waals surface area contributed by atoms with Gasteiger partial charge in [0.25, 0.3) is 0 Å². The molecular formula is C20H21ClF2N4O. The van der Waals surface area contributed by atoms with Crippen molar-refractivity contribution in [3.8, 4) is 17.0 Å². The molecule has 0 N–H and O–H groups in total. The highest BCUT2D eigenvalue weighted by atomic mass is 35.5. The van der Waals surface area contributed by atoms with Gasteiger partial charge in [-0.3, -0.25) is 0 Å². The van der Waals surface area contributed by atoms with E-state index < -0.39 is 6.61 Å². The number of hydrogen-bond donors (Lipinski definition) is 0. The summed E-state index contributed by atoms with van der Waals surface area (Å²) >= 11 is 6.35. The molecule has 0 saturated heterocycles. The van der Waals surface area contributed by atoms with E-state index in [4.69, 9.17) is 16.6 Å². The van der Waals surface area contributed by atoms with Crippen molar-refractivity contribution in [3.05, 3.63) is 35.4 Å². The van der Waals surface area contributed by atoms with Crippen molar-refractivity contribution in [2.24, 2.45) is 5.92 Å². The van der Waals surface area contributed by atoms with E-state index in [1.54, 1.807) is 6.07 Å². The number of fused-ring (bicyclic) bond motifs is 1. The topological polar surface area (TPSA) is 52.8 Å². The Labute approximate surface area is 166 Å². The number of imidazole rings is 1. The predicted molar refractivity (Wildman–Crippen MR) is 104 cm³/mol. The highest BCUT2D eigenvalue weighted by Gasteiger charge is 2.29. The summed E-state index contributed by atoms with van der Waals surface area (Å²) in [5, 5.41) is 0.276. The molecule has 1 saturated carbocycles. The van der Waals surface area contributed by atoms with E-state index in [2.05, 4.69) is 33.1 Å². The summed E-state index contributed by atoms with van der Waals surface area (Å²) in [7, 11) is 0. The van der Waals surface area contributed by atoms with Gasteiger partial charge in [0.05, 0.1) is 5.02 Å². The molecule has 0 aliphatic heterocycles. The van der Waals surface area contributed by atoms with Crippen molar-refractivity contribution < 1.29 is 13.5 Å². The Bertz CT molecular complexity index is 1000. The normalized spacial score (nSPS) is 15.8. The first-order chi connectivity index (χ1) is 13.5. The van der Waals surface area contributed by atoms with Crippen molar-refractivity contribution in [1.29, 1.82) is 0 Å². The summed E-state index contributed by atoms with van der Waals surface area (Å²) < 4.78 is 31.5. The molecule has 1 unspecified atom stereocenters. The van der Waals surface area contributed by atoms with E-state index in [1.165, 1.54) is 37.7 Å². The monoisotopic (exact) mass is 406 g/mol. The fourth-order valence-electron chi connectivity index (χ4n) is 3.83. The summed E-state index contributed by atoms with van der Waals surface area (Å²) in [6.45, 7) is 1.39. The smallest absolute Gasteiger partial charge is 0.387 e. The van der Waals surface area contributed by atoms with Crippen molar-refractivity contribution in [1.82, 2.24) is 19.5 Å². The molecule has 4 rings (SSSR count). The molecule has 148 valence electrons. The van der Waals surface area contributed by atoms with Gasteiger partial charge in [0.1, 0.15) is 29.1 Å². The van der Waals surface area contributed by atoms with Gasteiger partial charge in [0.15, 0.2) is 5.65 Å². The fourth-order valence-corrected chi connectivity index (χ4v) is 4.09. The van der Waals surface area contributed by atoms with Crippen LogP contribution in [-0.2, 0) is 6.42 Å². The summed E-state index contributed by atoms with van der Waals surface area (Å²) in [5.74, 6) is 1.60. The molecule has 0 bridgehead atoms. The minimum absolute atomic E-state index is 0.00688. The van der Waals surface area contributed by atoms with E-state index in [-0.39, 0.29) is 10.8 Å². The average Bonchev–Trinajstić information content (AvgIpc) is 2.98. The Morgan fingerprint density at radius 3 is 2.68 bits per heavy atom. The Morgan fingerprint density at radius 1 is 1.29 bits per heavy atom. The molecule has 1 aliphatic rings. The molecule has 1 atom stereocenters. The Morgan fingerprint density at radius 2 is 2.07 bits per heavy atom. The zero-order chi connectivity index (χ0) is 19.8. The number of aryl methyl sites for hydroxylation is 1. The largest absolute Gasteiger partial charge is 0.435 e. The molecule has 1 fully saturated rings. The van der Waals surface area contributed by atoms with Gasteiger partial charge < -0.3 is 9.30 Å². The van der Waals surface area contributed by atoms with Gasteiger partial charge in [0.2, 0.25) is 0 Å². The number of rotatable bonds is 6. The number of ether oxygens (including phenoxy) is 1. The molecule has 0 spiro atoms. The van der Waals surface area contributed by atoms with Crippen molar-refractivity contribution in [3.63, 3.8) is 0 Å². The van der Waals surface area contributed by atoms with Crippen LogP contribution in [0.25, 0.3) is 22.4 Å². The summed E-state index contributed by atoms with van der Waals surface area (Å²) in [4.78, 5) is 13.7. The van der Waals surface area contributed by atoms with Gasteiger partial charge in [-0.15, -0.1) is 0 Å². The first kappa shape index (κ1) is 19.1. The van der Waals surface area contributed by atoms with Crippen molar-refractivity contribution in [2.75, 3.05) is 0 Å². The molecule has 28 heavy (non-hydrogen) atoms. The average molecular weight is 407 g/mol. The lowest BCUT2D eigenvalue weighted by Gasteiger charge is -2.33. The lowest BCUT2D eigenvalue weighted by Crippen LogP contribution is -2.24. The van der Waals surface area contributed by atoms with Crippen LogP contribution in [-0.4, -0.2) is 26.1 Å². The minimum Gasteiger partial charge on any atom is -0.435 e. The maximum atomic E-state index is 12.4. The third kappa shape index (κ3) is 3.32. The number of hydrogen-bond acceptors (Lipinski definition) is 4. The number of aromatic nitrogens is 4. The molecule has 5 nitrogen and oxygen atoms in total.